The van der Waals surface area contributed by atoms with Crippen molar-refractivity contribution in [1.29, 1.82) is 0 Å². The molecule has 2 aromatic heterocycles. The molecule has 0 atom stereocenters. The van der Waals surface area contributed by atoms with Crippen LogP contribution in [0.2, 0.25) is 0 Å². The minimum atomic E-state index is -3.92. The van der Waals surface area contributed by atoms with Gasteiger partial charge in [-0.3, -0.25) is 0 Å². The van der Waals surface area contributed by atoms with Crippen LogP contribution < -0.4 is 14.8 Å². The third-order valence-electron chi connectivity index (χ3n) is 5.06. The Hall–Kier alpha value is -3.72. The van der Waals surface area contributed by atoms with E-state index in [0.29, 0.717) is 30.2 Å². The number of benzene rings is 2. The Bertz CT molecular complexity index is 1330. The number of anilines is 1. The van der Waals surface area contributed by atoms with Crippen molar-refractivity contribution in [3.05, 3.63) is 72.0 Å². The molecule has 0 aliphatic rings. The van der Waals surface area contributed by atoms with Crippen LogP contribution in [-0.2, 0) is 16.3 Å². The van der Waals surface area contributed by atoms with Crippen LogP contribution in [-0.4, -0.2) is 34.2 Å². The van der Waals surface area contributed by atoms with Gasteiger partial charge in [-0.25, -0.2) is 8.42 Å². The zero-order valence-corrected chi connectivity index (χ0v) is 19.3. The topological polar surface area (TPSA) is 104 Å². The fourth-order valence-electron chi connectivity index (χ4n) is 3.29. The number of nitrogens with zero attached hydrogens (tertiary/aromatic N) is 1. The minimum Gasteiger partial charge on any atom is -0.493 e. The van der Waals surface area contributed by atoms with E-state index in [1.807, 2.05) is 25.1 Å². The maximum atomic E-state index is 13.3. The zero-order chi connectivity index (χ0) is 23.4. The maximum Gasteiger partial charge on any atom is 0.266 e. The van der Waals surface area contributed by atoms with Crippen LogP contribution >= 0.6 is 0 Å². The number of methoxy groups -OCH3 is 2. The number of hydrogen-bond donors (Lipinski definition) is 1. The van der Waals surface area contributed by atoms with Crippen LogP contribution in [0.5, 0.6) is 11.5 Å². The fourth-order valence-corrected chi connectivity index (χ4v) is 4.57. The molecule has 9 heteroatoms. The van der Waals surface area contributed by atoms with Crippen molar-refractivity contribution in [3.63, 3.8) is 0 Å². The van der Waals surface area contributed by atoms with Crippen LogP contribution in [0.25, 0.3) is 11.7 Å². The molecule has 0 saturated carbocycles. The largest absolute Gasteiger partial charge is 0.493 e. The van der Waals surface area contributed by atoms with Crippen molar-refractivity contribution in [2.75, 3.05) is 26.1 Å². The van der Waals surface area contributed by atoms with E-state index in [-0.39, 0.29) is 21.7 Å². The predicted molar refractivity (Wildman–Crippen MR) is 123 cm³/mol. The Morgan fingerprint density at radius 1 is 1.00 bits per heavy atom. The average Bonchev–Trinajstić information content (AvgIpc) is 3.50. The summed E-state index contributed by atoms with van der Waals surface area (Å²) in [6.45, 7) is 2.29. The summed E-state index contributed by atoms with van der Waals surface area (Å²) < 4.78 is 48.3. The third-order valence-corrected chi connectivity index (χ3v) is 6.74. The highest BCUT2D eigenvalue weighted by molar-refractivity contribution is 7.91. The van der Waals surface area contributed by atoms with Gasteiger partial charge in [-0.1, -0.05) is 23.8 Å². The molecule has 4 rings (SSSR count). The molecule has 2 aromatic carbocycles. The quantitative estimate of drug-likeness (QED) is 0.375. The average molecular weight is 469 g/mol. The summed E-state index contributed by atoms with van der Waals surface area (Å²) in [6.07, 6.45) is 2.05. The zero-order valence-electron chi connectivity index (χ0n) is 18.5. The molecular weight excluding hydrogens is 444 g/mol. The number of nitrogens with one attached hydrogen (secondary N) is 1. The van der Waals surface area contributed by atoms with E-state index >= 15 is 0 Å². The monoisotopic (exact) mass is 468 g/mol. The minimum absolute atomic E-state index is 0.0578. The normalized spacial score (nSPS) is 11.4. The summed E-state index contributed by atoms with van der Waals surface area (Å²) in [4.78, 5) is 4.39. The van der Waals surface area contributed by atoms with Gasteiger partial charge in [-0.05, 0) is 55.3 Å². The fraction of sp³-hybridized carbons (Fsp3) is 0.208. The van der Waals surface area contributed by atoms with E-state index in [1.54, 1.807) is 50.6 Å². The van der Waals surface area contributed by atoms with Gasteiger partial charge in [-0.15, -0.1) is 0 Å². The second kappa shape index (κ2) is 9.41. The lowest BCUT2D eigenvalue weighted by Crippen LogP contribution is -2.10. The molecule has 0 radical (unpaired) electrons. The van der Waals surface area contributed by atoms with Gasteiger partial charge in [0.15, 0.2) is 17.3 Å². The molecule has 0 unspecified atom stereocenters. The number of aromatic nitrogens is 1. The van der Waals surface area contributed by atoms with Crippen molar-refractivity contribution in [3.8, 4) is 23.1 Å². The predicted octanol–water partition coefficient (Wildman–Crippen LogP) is 4.75. The molecular formula is C24H24N2O6S. The number of rotatable bonds is 9. The Kier molecular flexibility index (Phi) is 6.41. The smallest absolute Gasteiger partial charge is 0.266 e. The Labute approximate surface area is 192 Å². The molecule has 0 saturated heterocycles. The molecule has 1 N–H and O–H groups in total. The Balaban J connectivity index is 1.61. The molecule has 0 aliphatic carbocycles. The summed E-state index contributed by atoms with van der Waals surface area (Å²) in [5.74, 6) is 1.74. The molecule has 8 nitrogen and oxygen atoms in total. The summed E-state index contributed by atoms with van der Waals surface area (Å²) in [5.41, 5.74) is 1.94. The lowest BCUT2D eigenvalue weighted by Gasteiger charge is -2.10. The van der Waals surface area contributed by atoms with Gasteiger partial charge in [0.05, 0.1) is 25.4 Å². The summed E-state index contributed by atoms with van der Waals surface area (Å²) >= 11 is 0. The lowest BCUT2D eigenvalue weighted by molar-refractivity contribution is 0.354. The maximum absolute atomic E-state index is 13.3. The molecule has 33 heavy (non-hydrogen) atoms. The first-order chi connectivity index (χ1) is 15.9. The molecule has 0 aliphatic heterocycles. The molecule has 4 aromatic rings. The van der Waals surface area contributed by atoms with E-state index < -0.39 is 9.84 Å². The first-order valence-electron chi connectivity index (χ1n) is 10.2. The van der Waals surface area contributed by atoms with E-state index in [2.05, 4.69) is 10.3 Å². The molecule has 2 heterocycles. The van der Waals surface area contributed by atoms with Crippen LogP contribution in [0.1, 0.15) is 11.1 Å². The van der Waals surface area contributed by atoms with Gasteiger partial charge in [0.25, 0.3) is 5.89 Å². The van der Waals surface area contributed by atoms with Gasteiger partial charge >= 0.3 is 0 Å². The number of sulfone groups is 1. The third kappa shape index (κ3) is 4.73. The second-order valence-electron chi connectivity index (χ2n) is 7.31. The van der Waals surface area contributed by atoms with Crippen molar-refractivity contribution in [2.45, 2.75) is 23.3 Å². The highest BCUT2D eigenvalue weighted by atomic mass is 32.2. The van der Waals surface area contributed by atoms with Crippen LogP contribution in [0.3, 0.4) is 0 Å². The highest BCUT2D eigenvalue weighted by Crippen LogP contribution is 2.33. The van der Waals surface area contributed by atoms with E-state index in [0.717, 1.165) is 11.1 Å². The molecule has 0 spiro atoms. The Morgan fingerprint density at radius 2 is 1.76 bits per heavy atom. The SMILES string of the molecule is COc1ccc(CCNc2oc(-c3ccco3)nc2S(=O)(=O)c2ccc(C)cc2)cc1OC. The van der Waals surface area contributed by atoms with Gasteiger partial charge < -0.3 is 23.6 Å². The van der Waals surface area contributed by atoms with Crippen molar-refractivity contribution >= 4 is 15.7 Å². The van der Waals surface area contributed by atoms with E-state index in [1.165, 1.54) is 6.26 Å². The van der Waals surface area contributed by atoms with Crippen molar-refractivity contribution in [2.24, 2.45) is 0 Å². The number of ether oxygens (including phenoxy) is 2. The van der Waals surface area contributed by atoms with Gasteiger partial charge in [0, 0.05) is 6.54 Å². The van der Waals surface area contributed by atoms with Gasteiger partial charge in [-0.2, -0.15) is 4.98 Å². The number of oxazole rings is 1. The van der Waals surface area contributed by atoms with Gasteiger partial charge in [0.2, 0.25) is 20.7 Å². The first kappa shape index (κ1) is 22.5. The number of furan rings is 1. The van der Waals surface area contributed by atoms with Gasteiger partial charge in [0.1, 0.15) is 0 Å². The highest BCUT2D eigenvalue weighted by Gasteiger charge is 2.29. The summed E-state index contributed by atoms with van der Waals surface area (Å²) in [5, 5.41) is 2.89. The number of hydrogen-bond acceptors (Lipinski definition) is 8. The first-order valence-corrected chi connectivity index (χ1v) is 11.7. The molecule has 172 valence electrons. The standard InChI is InChI=1S/C24H24N2O6S/c1-16-6-9-18(10-7-16)33(27,28)24-23(32-22(26-24)20-5-4-14-31-20)25-13-12-17-8-11-19(29-2)21(15-17)30-3/h4-11,14-15,25H,12-13H2,1-3H3. The van der Waals surface area contributed by atoms with Crippen molar-refractivity contribution < 1.29 is 26.7 Å². The summed E-state index contributed by atoms with van der Waals surface area (Å²) in [7, 11) is -0.762. The van der Waals surface area contributed by atoms with Crippen LogP contribution in [0, 0.1) is 6.92 Å². The van der Waals surface area contributed by atoms with Crippen LogP contribution in [0.4, 0.5) is 5.88 Å². The second-order valence-corrected chi connectivity index (χ2v) is 9.18. The lowest BCUT2D eigenvalue weighted by atomic mass is 10.1. The van der Waals surface area contributed by atoms with Crippen molar-refractivity contribution in [1.82, 2.24) is 4.98 Å². The van der Waals surface area contributed by atoms with E-state index in [9.17, 15) is 8.42 Å². The molecule has 0 fully saturated rings. The Morgan fingerprint density at radius 3 is 2.42 bits per heavy atom. The summed E-state index contributed by atoms with van der Waals surface area (Å²) in [6, 6.07) is 15.5. The van der Waals surface area contributed by atoms with Crippen LogP contribution in [0.15, 0.2) is 79.6 Å². The number of aryl methyl sites for hydroxylation is 1. The molecule has 0 bridgehead atoms. The molecule has 0 amide bonds. The van der Waals surface area contributed by atoms with E-state index in [4.69, 9.17) is 18.3 Å².